The Morgan fingerprint density at radius 3 is 2.67 bits per heavy atom. The van der Waals surface area contributed by atoms with Crippen molar-refractivity contribution in [3.63, 3.8) is 0 Å². The Bertz CT molecular complexity index is 653. The maximum absolute atomic E-state index is 4.61. The molecule has 0 aliphatic heterocycles. The number of aromatic amines is 1. The van der Waals surface area contributed by atoms with Gasteiger partial charge in [-0.3, -0.25) is 0 Å². The van der Waals surface area contributed by atoms with Gasteiger partial charge in [0.05, 0.1) is 11.0 Å². The van der Waals surface area contributed by atoms with Gasteiger partial charge in [0.2, 0.25) is 0 Å². The number of hydrogen-bond acceptors (Lipinski definition) is 1. The minimum atomic E-state index is 0.956. The summed E-state index contributed by atoms with van der Waals surface area (Å²) in [7, 11) is 0. The van der Waals surface area contributed by atoms with Gasteiger partial charge in [-0.15, -0.1) is 0 Å². The maximum Gasteiger partial charge on any atom is 0.107 e. The predicted molar refractivity (Wildman–Crippen MR) is 74.7 cm³/mol. The third kappa shape index (κ3) is 2.28. The summed E-state index contributed by atoms with van der Waals surface area (Å²) in [6.45, 7) is 2.10. The molecule has 18 heavy (non-hydrogen) atoms. The third-order valence-electron chi connectivity index (χ3n) is 3.18. The van der Waals surface area contributed by atoms with Crippen LogP contribution < -0.4 is 0 Å². The normalized spacial score (nSPS) is 10.9. The van der Waals surface area contributed by atoms with E-state index in [1.807, 2.05) is 6.07 Å². The van der Waals surface area contributed by atoms with Gasteiger partial charge in [-0.05, 0) is 36.6 Å². The van der Waals surface area contributed by atoms with E-state index in [4.69, 9.17) is 0 Å². The van der Waals surface area contributed by atoms with Crippen molar-refractivity contribution in [1.82, 2.24) is 9.97 Å². The molecule has 0 aliphatic carbocycles. The van der Waals surface area contributed by atoms with Gasteiger partial charge in [0, 0.05) is 6.42 Å². The van der Waals surface area contributed by atoms with E-state index in [0.717, 1.165) is 29.7 Å². The number of nitrogens with zero attached hydrogens (tertiary/aromatic N) is 1. The molecule has 1 aromatic heterocycles. The number of aryl methyl sites for hydroxylation is 3. The average Bonchev–Trinajstić information content (AvgIpc) is 2.79. The molecule has 0 fully saturated rings. The van der Waals surface area contributed by atoms with E-state index in [1.54, 1.807) is 0 Å². The number of fused-ring (bicyclic) bond motifs is 1. The van der Waals surface area contributed by atoms with E-state index in [1.165, 1.54) is 11.1 Å². The standard InChI is InChI=1S/C16H16N2/c1-12-7-9-14-15(11-12)18-16(17-14)10-8-13-5-3-2-4-6-13/h2-7,9,11H,8,10H2,1H3,(H,17,18). The zero-order chi connectivity index (χ0) is 12.4. The highest BCUT2D eigenvalue weighted by Gasteiger charge is 2.03. The average molecular weight is 236 g/mol. The van der Waals surface area contributed by atoms with Crippen molar-refractivity contribution < 1.29 is 0 Å². The summed E-state index contributed by atoms with van der Waals surface area (Å²) >= 11 is 0. The van der Waals surface area contributed by atoms with Crippen LogP contribution in [-0.4, -0.2) is 9.97 Å². The van der Waals surface area contributed by atoms with Gasteiger partial charge in [0.15, 0.2) is 0 Å². The maximum atomic E-state index is 4.61. The van der Waals surface area contributed by atoms with E-state index < -0.39 is 0 Å². The van der Waals surface area contributed by atoms with Crippen molar-refractivity contribution in [2.24, 2.45) is 0 Å². The lowest BCUT2D eigenvalue weighted by Crippen LogP contribution is -1.92. The predicted octanol–water partition coefficient (Wildman–Crippen LogP) is 3.66. The van der Waals surface area contributed by atoms with Crippen LogP contribution in [0.15, 0.2) is 48.5 Å². The molecule has 2 nitrogen and oxygen atoms in total. The van der Waals surface area contributed by atoms with Crippen LogP contribution >= 0.6 is 0 Å². The molecule has 2 heteroatoms. The van der Waals surface area contributed by atoms with E-state index in [2.05, 4.69) is 59.4 Å². The molecule has 0 amide bonds. The molecule has 0 saturated heterocycles. The van der Waals surface area contributed by atoms with Crippen LogP contribution in [0.2, 0.25) is 0 Å². The van der Waals surface area contributed by atoms with Crippen LogP contribution in [0.5, 0.6) is 0 Å². The first-order chi connectivity index (χ1) is 8.81. The summed E-state index contributed by atoms with van der Waals surface area (Å²) in [5.41, 5.74) is 4.82. The number of H-pyrrole nitrogens is 1. The number of rotatable bonds is 3. The highest BCUT2D eigenvalue weighted by molar-refractivity contribution is 5.75. The first-order valence-electron chi connectivity index (χ1n) is 6.30. The second-order valence-corrected chi connectivity index (χ2v) is 4.69. The minimum absolute atomic E-state index is 0.956. The molecule has 0 saturated carbocycles. The Balaban J connectivity index is 1.79. The van der Waals surface area contributed by atoms with Gasteiger partial charge in [-0.1, -0.05) is 36.4 Å². The highest BCUT2D eigenvalue weighted by atomic mass is 14.9. The lowest BCUT2D eigenvalue weighted by molar-refractivity contribution is 0.890. The molecule has 1 heterocycles. The van der Waals surface area contributed by atoms with E-state index in [9.17, 15) is 0 Å². The van der Waals surface area contributed by atoms with Crippen LogP contribution in [0.1, 0.15) is 17.0 Å². The molecule has 0 unspecified atom stereocenters. The minimum Gasteiger partial charge on any atom is -0.342 e. The molecule has 0 radical (unpaired) electrons. The Morgan fingerprint density at radius 2 is 1.83 bits per heavy atom. The summed E-state index contributed by atoms with van der Waals surface area (Å²) in [4.78, 5) is 8.01. The summed E-state index contributed by atoms with van der Waals surface area (Å²) in [5.74, 6) is 1.07. The zero-order valence-corrected chi connectivity index (χ0v) is 10.5. The number of imidazole rings is 1. The Labute approximate surface area is 107 Å². The molecular weight excluding hydrogens is 220 g/mol. The first kappa shape index (κ1) is 11.0. The van der Waals surface area contributed by atoms with Gasteiger partial charge in [-0.2, -0.15) is 0 Å². The van der Waals surface area contributed by atoms with Crippen molar-refractivity contribution in [3.8, 4) is 0 Å². The fourth-order valence-corrected chi connectivity index (χ4v) is 2.20. The van der Waals surface area contributed by atoms with Crippen molar-refractivity contribution in [2.75, 3.05) is 0 Å². The van der Waals surface area contributed by atoms with E-state index >= 15 is 0 Å². The second kappa shape index (κ2) is 4.65. The molecule has 0 atom stereocenters. The molecule has 3 aromatic rings. The van der Waals surface area contributed by atoms with Crippen LogP contribution in [-0.2, 0) is 12.8 Å². The summed E-state index contributed by atoms with van der Waals surface area (Å²) in [5, 5.41) is 0. The third-order valence-corrected chi connectivity index (χ3v) is 3.18. The first-order valence-corrected chi connectivity index (χ1v) is 6.30. The summed E-state index contributed by atoms with van der Waals surface area (Å²) in [6.07, 6.45) is 1.98. The Kier molecular flexibility index (Phi) is 2.85. The van der Waals surface area contributed by atoms with Crippen LogP contribution in [0.3, 0.4) is 0 Å². The molecule has 90 valence electrons. The van der Waals surface area contributed by atoms with Crippen LogP contribution in [0.4, 0.5) is 0 Å². The number of nitrogens with one attached hydrogen (secondary N) is 1. The van der Waals surface area contributed by atoms with Gasteiger partial charge in [0.25, 0.3) is 0 Å². The van der Waals surface area contributed by atoms with Crippen LogP contribution in [0, 0.1) is 6.92 Å². The van der Waals surface area contributed by atoms with E-state index in [0.29, 0.717) is 0 Å². The monoisotopic (exact) mass is 236 g/mol. The second-order valence-electron chi connectivity index (χ2n) is 4.69. The molecule has 2 aromatic carbocycles. The molecule has 0 bridgehead atoms. The van der Waals surface area contributed by atoms with Gasteiger partial charge in [-0.25, -0.2) is 4.98 Å². The van der Waals surface area contributed by atoms with Gasteiger partial charge < -0.3 is 4.98 Å². The molecule has 0 spiro atoms. The summed E-state index contributed by atoms with van der Waals surface area (Å²) in [6, 6.07) is 16.9. The van der Waals surface area contributed by atoms with Crippen LogP contribution in [0.25, 0.3) is 11.0 Å². The fraction of sp³-hybridized carbons (Fsp3) is 0.188. The van der Waals surface area contributed by atoms with Crippen molar-refractivity contribution in [1.29, 1.82) is 0 Å². The topological polar surface area (TPSA) is 28.7 Å². The fourth-order valence-electron chi connectivity index (χ4n) is 2.20. The molecular formula is C16H16N2. The molecule has 0 aliphatic rings. The smallest absolute Gasteiger partial charge is 0.107 e. The molecule has 3 rings (SSSR count). The van der Waals surface area contributed by atoms with Crippen molar-refractivity contribution in [2.45, 2.75) is 19.8 Å². The Hall–Kier alpha value is -2.09. The largest absolute Gasteiger partial charge is 0.342 e. The molecule has 1 N–H and O–H groups in total. The quantitative estimate of drug-likeness (QED) is 0.738. The van der Waals surface area contributed by atoms with Gasteiger partial charge >= 0.3 is 0 Å². The lowest BCUT2D eigenvalue weighted by Gasteiger charge is -1.97. The number of benzene rings is 2. The van der Waals surface area contributed by atoms with Crippen molar-refractivity contribution >= 4 is 11.0 Å². The van der Waals surface area contributed by atoms with Crippen molar-refractivity contribution in [3.05, 3.63) is 65.5 Å². The highest BCUT2D eigenvalue weighted by Crippen LogP contribution is 2.14. The number of hydrogen-bond donors (Lipinski definition) is 1. The zero-order valence-electron chi connectivity index (χ0n) is 10.5. The Morgan fingerprint density at radius 1 is 1.00 bits per heavy atom. The van der Waals surface area contributed by atoms with Gasteiger partial charge in [0.1, 0.15) is 5.82 Å². The number of aromatic nitrogens is 2. The van der Waals surface area contributed by atoms with E-state index in [-0.39, 0.29) is 0 Å². The summed E-state index contributed by atoms with van der Waals surface area (Å²) < 4.78 is 0. The SMILES string of the molecule is Cc1ccc2nc(CCc3ccccc3)[nH]c2c1. The lowest BCUT2D eigenvalue weighted by atomic mass is 10.1.